The van der Waals surface area contributed by atoms with Gasteiger partial charge >= 0.3 is 0 Å². The molecule has 128 valence electrons. The van der Waals surface area contributed by atoms with Crippen LogP contribution in [0.15, 0.2) is 54.7 Å². The van der Waals surface area contributed by atoms with Crippen LogP contribution in [0.25, 0.3) is 6.08 Å². The van der Waals surface area contributed by atoms with E-state index in [1.807, 2.05) is 30.3 Å². The molecule has 1 aliphatic heterocycles. The van der Waals surface area contributed by atoms with Gasteiger partial charge in [0.15, 0.2) is 0 Å². The Morgan fingerprint density at radius 1 is 1.12 bits per heavy atom. The third-order valence-corrected chi connectivity index (χ3v) is 4.28. The van der Waals surface area contributed by atoms with Gasteiger partial charge in [0, 0.05) is 25.2 Å². The maximum atomic E-state index is 13.7. The molecule has 1 heterocycles. The summed E-state index contributed by atoms with van der Waals surface area (Å²) in [6.45, 7) is 1.60. The summed E-state index contributed by atoms with van der Waals surface area (Å²) < 4.78 is 13.7. The molecule has 4 nitrogen and oxygen atoms in total. The lowest BCUT2D eigenvalue weighted by atomic mass is 9.93. The molecule has 25 heavy (non-hydrogen) atoms. The van der Waals surface area contributed by atoms with Gasteiger partial charge in [0.2, 0.25) is 11.8 Å². The van der Waals surface area contributed by atoms with Crippen LogP contribution in [0.2, 0.25) is 0 Å². The lowest BCUT2D eigenvalue weighted by molar-refractivity contribution is -0.130. The van der Waals surface area contributed by atoms with Crippen LogP contribution >= 0.6 is 0 Å². The van der Waals surface area contributed by atoms with Gasteiger partial charge in [-0.3, -0.25) is 9.59 Å². The molecule has 0 bridgehead atoms. The highest BCUT2D eigenvalue weighted by molar-refractivity contribution is 5.81. The van der Waals surface area contributed by atoms with Crippen LogP contribution in [0.1, 0.15) is 36.1 Å². The first-order chi connectivity index (χ1) is 12.1. The van der Waals surface area contributed by atoms with Crippen molar-refractivity contribution in [3.8, 4) is 0 Å². The molecule has 0 aromatic heterocycles. The van der Waals surface area contributed by atoms with Crippen LogP contribution in [0, 0.1) is 5.82 Å². The second-order valence-corrected chi connectivity index (χ2v) is 5.96. The second-order valence-electron chi connectivity index (χ2n) is 5.96. The van der Waals surface area contributed by atoms with Crippen LogP contribution in [0.3, 0.4) is 0 Å². The van der Waals surface area contributed by atoms with Crippen LogP contribution in [-0.4, -0.2) is 16.7 Å². The topological polar surface area (TPSA) is 49.4 Å². The van der Waals surface area contributed by atoms with E-state index in [-0.39, 0.29) is 36.6 Å². The number of nitrogens with one attached hydrogen (secondary N) is 1. The fourth-order valence-electron chi connectivity index (χ4n) is 3.00. The first-order valence-electron chi connectivity index (χ1n) is 8.12. The average molecular weight is 338 g/mol. The molecule has 3 rings (SSSR count). The molecule has 0 saturated carbocycles. The summed E-state index contributed by atoms with van der Waals surface area (Å²) >= 11 is 0. The Kier molecular flexibility index (Phi) is 4.93. The summed E-state index contributed by atoms with van der Waals surface area (Å²) in [7, 11) is 0. The summed E-state index contributed by atoms with van der Waals surface area (Å²) in [6.07, 6.45) is 3.69. The van der Waals surface area contributed by atoms with E-state index in [9.17, 15) is 14.0 Å². The summed E-state index contributed by atoms with van der Waals surface area (Å²) in [4.78, 5) is 25.9. The van der Waals surface area contributed by atoms with E-state index in [1.54, 1.807) is 29.3 Å². The second kappa shape index (κ2) is 7.30. The summed E-state index contributed by atoms with van der Waals surface area (Å²) in [5, 5.41) is 2.74. The Morgan fingerprint density at radius 2 is 1.84 bits per heavy atom. The van der Waals surface area contributed by atoms with Crippen molar-refractivity contribution in [1.82, 2.24) is 10.2 Å². The number of halogens is 1. The van der Waals surface area contributed by atoms with E-state index in [0.29, 0.717) is 5.56 Å². The minimum atomic E-state index is -0.362. The zero-order chi connectivity index (χ0) is 17.8. The van der Waals surface area contributed by atoms with E-state index in [2.05, 4.69) is 5.32 Å². The number of hydrogen-bond donors (Lipinski definition) is 1. The molecule has 2 aromatic carbocycles. The van der Waals surface area contributed by atoms with Crippen molar-refractivity contribution in [3.63, 3.8) is 0 Å². The Hall–Kier alpha value is -2.95. The molecule has 2 aromatic rings. The van der Waals surface area contributed by atoms with Crippen molar-refractivity contribution in [2.45, 2.75) is 25.9 Å². The van der Waals surface area contributed by atoms with Crippen LogP contribution in [0.5, 0.6) is 0 Å². The van der Waals surface area contributed by atoms with Gasteiger partial charge in [-0.25, -0.2) is 4.39 Å². The number of benzene rings is 2. The van der Waals surface area contributed by atoms with Crippen molar-refractivity contribution in [3.05, 3.63) is 77.2 Å². The summed E-state index contributed by atoms with van der Waals surface area (Å²) in [6, 6.07) is 13.6. The standard InChI is InChI=1S/C20H19FN2O2/c1-14(24)23-11-10-15-6-2-4-8-17(15)19(23)12-20(25)22-13-16-7-3-5-9-18(16)21/h2-11,19H,12-13H2,1H3,(H,22,25). The normalized spacial score (nSPS) is 15.6. The maximum Gasteiger partial charge on any atom is 0.223 e. The van der Waals surface area contributed by atoms with Crippen molar-refractivity contribution >= 4 is 17.9 Å². The molecule has 0 aliphatic carbocycles. The number of nitrogens with zero attached hydrogens (tertiary/aromatic N) is 1. The van der Waals surface area contributed by atoms with Crippen LogP contribution < -0.4 is 5.32 Å². The Labute approximate surface area is 146 Å². The molecule has 2 amide bonds. The summed E-state index contributed by atoms with van der Waals surface area (Å²) in [5.41, 5.74) is 2.36. The van der Waals surface area contributed by atoms with Crippen LogP contribution in [-0.2, 0) is 16.1 Å². The smallest absolute Gasteiger partial charge is 0.223 e. The fourth-order valence-corrected chi connectivity index (χ4v) is 3.00. The van der Waals surface area contributed by atoms with E-state index in [4.69, 9.17) is 0 Å². The van der Waals surface area contributed by atoms with E-state index in [0.717, 1.165) is 11.1 Å². The third kappa shape index (κ3) is 3.76. The molecule has 0 radical (unpaired) electrons. The molecule has 1 unspecified atom stereocenters. The highest BCUT2D eigenvalue weighted by Crippen LogP contribution is 2.32. The minimum absolute atomic E-state index is 0.120. The average Bonchev–Trinajstić information content (AvgIpc) is 2.61. The number of rotatable bonds is 4. The SMILES string of the molecule is CC(=O)N1C=Cc2ccccc2C1CC(=O)NCc1ccccc1F. The first-order valence-corrected chi connectivity index (χ1v) is 8.12. The Morgan fingerprint density at radius 3 is 2.60 bits per heavy atom. The lowest BCUT2D eigenvalue weighted by Gasteiger charge is -2.32. The van der Waals surface area contributed by atoms with Crippen molar-refractivity contribution in [2.24, 2.45) is 0 Å². The monoisotopic (exact) mass is 338 g/mol. The number of carbonyl (C=O) groups excluding carboxylic acids is 2. The Bertz CT molecular complexity index is 832. The molecule has 1 aliphatic rings. The predicted octanol–water partition coefficient (Wildman–Crippen LogP) is 3.41. The van der Waals surface area contributed by atoms with Crippen molar-refractivity contribution in [2.75, 3.05) is 0 Å². The van der Waals surface area contributed by atoms with Gasteiger partial charge in [0.25, 0.3) is 0 Å². The predicted molar refractivity (Wildman–Crippen MR) is 93.6 cm³/mol. The fraction of sp³-hybridized carbons (Fsp3) is 0.200. The van der Waals surface area contributed by atoms with E-state index < -0.39 is 0 Å². The van der Waals surface area contributed by atoms with Crippen molar-refractivity contribution in [1.29, 1.82) is 0 Å². The molecule has 1 N–H and O–H groups in total. The number of fused-ring (bicyclic) bond motifs is 1. The van der Waals surface area contributed by atoms with E-state index in [1.165, 1.54) is 13.0 Å². The molecule has 0 saturated heterocycles. The molecule has 5 heteroatoms. The largest absolute Gasteiger partial charge is 0.352 e. The zero-order valence-corrected chi connectivity index (χ0v) is 13.9. The maximum absolute atomic E-state index is 13.7. The van der Waals surface area contributed by atoms with Gasteiger partial charge in [-0.05, 0) is 23.3 Å². The lowest BCUT2D eigenvalue weighted by Crippen LogP contribution is -2.35. The quantitative estimate of drug-likeness (QED) is 0.929. The van der Waals surface area contributed by atoms with Crippen molar-refractivity contribution < 1.29 is 14.0 Å². The van der Waals surface area contributed by atoms with Gasteiger partial charge in [0.1, 0.15) is 5.82 Å². The van der Waals surface area contributed by atoms with E-state index >= 15 is 0 Å². The zero-order valence-electron chi connectivity index (χ0n) is 13.9. The number of hydrogen-bond acceptors (Lipinski definition) is 2. The molecular weight excluding hydrogens is 319 g/mol. The number of carbonyl (C=O) groups is 2. The molecular formula is C20H19FN2O2. The molecule has 0 spiro atoms. The highest BCUT2D eigenvalue weighted by Gasteiger charge is 2.28. The number of amides is 2. The van der Waals surface area contributed by atoms with Gasteiger partial charge < -0.3 is 10.2 Å². The van der Waals surface area contributed by atoms with Gasteiger partial charge in [-0.15, -0.1) is 0 Å². The van der Waals surface area contributed by atoms with Gasteiger partial charge in [-0.2, -0.15) is 0 Å². The Balaban J connectivity index is 1.73. The summed E-state index contributed by atoms with van der Waals surface area (Å²) in [5.74, 6) is -0.707. The first kappa shape index (κ1) is 16.9. The van der Waals surface area contributed by atoms with Gasteiger partial charge in [0.05, 0.1) is 12.5 Å². The van der Waals surface area contributed by atoms with Crippen LogP contribution in [0.4, 0.5) is 4.39 Å². The molecule has 1 atom stereocenters. The third-order valence-electron chi connectivity index (χ3n) is 4.28. The highest BCUT2D eigenvalue weighted by atomic mass is 19.1. The minimum Gasteiger partial charge on any atom is -0.352 e. The van der Waals surface area contributed by atoms with Gasteiger partial charge in [-0.1, -0.05) is 42.5 Å². The molecule has 0 fully saturated rings.